The molecule has 0 aliphatic carbocycles. The number of ether oxygens (including phenoxy) is 2. The van der Waals surface area contributed by atoms with Crippen molar-refractivity contribution in [2.45, 2.75) is 6.54 Å². The molecule has 3 aromatic rings. The van der Waals surface area contributed by atoms with Gasteiger partial charge >= 0.3 is 0 Å². The summed E-state index contributed by atoms with van der Waals surface area (Å²) < 4.78 is 10.7. The van der Waals surface area contributed by atoms with Crippen molar-refractivity contribution in [3.63, 3.8) is 0 Å². The molecular weight excluding hydrogens is 410 g/mol. The van der Waals surface area contributed by atoms with Crippen molar-refractivity contribution in [1.82, 2.24) is 4.90 Å². The van der Waals surface area contributed by atoms with Gasteiger partial charge in [-0.15, -0.1) is 0 Å². The van der Waals surface area contributed by atoms with Crippen LogP contribution in [0.5, 0.6) is 11.5 Å². The van der Waals surface area contributed by atoms with Crippen molar-refractivity contribution in [2.24, 2.45) is 0 Å². The highest BCUT2D eigenvalue weighted by Crippen LogP contribution is 2.39. The van der Waals surface area contributed by atoms with E-state index in [2.05, 4.69) is 0 Å². The van der Waals surface area contributed by atoms with E-state index in [1.54, 1.807) is 18.2 Å². The molecule has 2 heterocycles. The molecule has 0 saturated carbocycles. The van der Waals surface area contributed by atoms with Gasteiger partial charge in [0, 0.05) is 11.1 Å². The average Bonchev–Trinajstić information content (AvgIpc) is 3.27. The number of rotatable bonds is 3. The molecule has 0 atom stereocenters. The van der Waals surface area contributed by atoms with Crippen molar-refractivity contribution in [1.29, 1.82) is 0 Å². The third kappa shape index (κ3) is 3.24. The maximum atomic E-state index is 12.9. The van der Waals surface area contributed by atoms with Crippen LogP contribution in [-0.2, 0) is 11.3 Å². The molecule has 1 saturated heterocycles. The predicted octanol–water partition coefficient (Wildman–Crippen LogP) is 5.46. The molecule has 1 fully saturated rings. The summed E-state index contributed by atoms with van der Waals surface area (Å²) in [5.41, 5.74) is 1.53. The summed E-state index contributed by atoms with van der Waals surface area (Å²) in [5.74, 6) is 0.785. The van der Waals surface area contributed by atoms with Crippen LogP contribution in [0, 0.1) is 0 Å². The largest absolute Gasteiger partial charge is 0.454 e. The van der Waals surface area contributed by atoms with E-state index < -0.39 is 0 Å². The maximum absolute atomic E-state index is 12.9. The van der Waals surface area contributed by atoms with Gasteiger partial charge in [-0.2, -0.15) is 0 Å². The zero-order valence-electron chi connectivity index (χ0n) is 15.1. The van der Waals surface area contributed by atoms with Gasteiger partial charge in [-0.1, -0.05) is 54.1 Å². The number of thioether (sulfide) groups is 1. The standard InChI is InChI=1S/C22H14ClNO4S/c23-17-10-19-18(27-12-28-19)8-15(17)11-24-21(25)20(29-22(24)26)9-14-6-3-5-13-4-1-2-7-16(13)14/h1-10H,11-12H2/b20-9+. The normalized spacial score (nSPS) is 17.0. The first kappa shape index (κ1) is 18.1. The monoisotopic (exact) mass is 423 g/mol. The first-order valence-electron chi connectivity index (χ1n) is 8.91. The van der Waals surface area contributed by atoms with E-state index in [4.69, 9.17) is 21.1 Å². The summed E-state index contributed by atoms with van der Waals surface area (Å²) in [6.45, 7) is 0.206. The highest BCUT2D eigenvalue weighted by atomic mass is 35.5. The molecule has 3 aromatic carbocycles. The zero-order chi connectivity index (χ0) is 20.0. The van der Waals surface area contributed by atoms with Crippen molar-refractivity contribution in [3.05, 3.63) is 75.7 Å². The van der Waals surface area contributed by atoms with Gasteiger partial charge < -0.3 is 9.47 Å². The Hall–Kier alpha value is -2.96. The van der Waals surface area contributed by atoms with Crippen molar-refractivity contribution >= 4 is 51.4 Å². The fourth-order valence-electron chi connectivity index (χ4n) is 3.40. The van der Waals surface area contributed by atoms with Crippen LogP contribution in [0.3, 0.4) is 0 Å². The van der Waals surface area contributed by atoms with E-state index in [0.717, 1.165) is 28.1 Å². The number of hydrogen-bond donors (Lipinski definition) is 0. The van der Waals surface area contributed by atoms with Gasteiger partial charge in [0.2, 0.25) is 6.79 Å². The average molecular weight is 424 g/mol. The molecule has 2 aliphatic rings. The Morgan fingerprint density at radius 2 is 1.79 bits per heavy atom. The number of carbonyl (C=O) groups is 2. The fourth-order valence-corrected chi connectivity index (χ4v) is 4.45. The van der Waals surface area contributed by atoms with Crippen molar-refractivity contribution in [3.8, 4) is 11.5 Å². The van der Waals surface area contributed by atoms with E-state index in [9.17, 15) is 9.59 Å². The third-order valence-corrected chi connectivity index (χ3v) is 6.11. The molecule has 0 unspecified atom stereocenters. The molecule has 2 amide bonds. The Morgan fingerprint density at radius 3 is 2.66 bits per heavy atom. The van der Waals surface area contributed by atoms with Gasteiger partial charge in [-0.3, -0.25) is 14.5 Å². The molecule has 2 aliphatic heterocycles. The summed E-state index contributed by atoms with van der Waals surface area (Å²) in [4.78, 5) is 27.0. The second kappa shape index (κ2) is 7.13. The Bertz CT molecular complexity index is 1200. The molecule has 0 radical (unpaired) electrons. The van der Waals surface area contributed by atoms with E-state index in [-0.39, 0.29) is 24.5 Å². The number of benzene rings is 3. The van der Waals surface area contributed by atoms with Crippen molar-refractivity contribution < 1.29 is 19.1 Å². The summed E-state index contributed by atoms with van der Waals surface area (Å²) in [6.07, 6.45) is 1.77. The summed E-state index contributed by atoms with van der Waals surface area (Å²) >= 11 is 7.24. The molecular formula is C22H14ClNO4S. The second-order valence-corrected chi connectivity index (χ2v) is 8.03. The van der Waals surface area contributed by atoms with Crippen LogP contribution in [0.2, 0.25) is 5.02 Å². The van der Waals surface area contributed by atoms with E-state index in [1.807, 2.05) is 42.5 Å². The van der Waals surface area contributed by atoms with Gasteiger partial charge in [0.25, 0.3) is 11.1 Å². The van der Waals surface area contributed by atoms with Crippen LogP contribution >= 0.6 is 23.4 Å². The maximum Gasteiger partial charge on any atom is 0.293 e. The van der Waals surface area contributed by atoms with E-state index in [0.29, 0.717) is 27.0 Å². The number of halogens is 1. The quantitative estimate of drug-likeness (QED) is 0.523. The molecule has 7 heteroatoms. The van der Waals surface area contributed by atoms with Crippen LogP contribution in [0.4, 0.5) is 4.79 Å². The first-order valence-corrected chi connectivity index (χ1v) is 10.1. The minimum absolute atomic E-state index is 0.0764. The highest BCUT2D eigenvalue weighted by Gasteiger charge is 2.35. The number of carbonyl (C=O) groups excluding carboxylic acids is 2. The molecule has 0 aromatic heterocycles. The number of imide groups is 1. The zero-order valence-corrected chi connectivity index (χ0v) is 16.6. The van der Waals surface area contributed by atoms with Crippen LogP contribution in [0.1, 0.15) is 11.1 Å². The summed E-state index contributed by atoms with van der Waals surface area (Å²) in [7, 11) is 0. The minimum atomic E-state index is -0.332. The molecule has 144 valence electrons. The number of amides is 2. The van der Waals surface area contributed by atoms with E-state index >= 15 is 0 Å². The van der Waals surface area contributed by atoms with Crippen LogP contribution in [0.15, 0.2) is 59.5 Å². The first-order chi connectivity index (χ1) is 14.1. The molecule has 5 nitrogen and oxygen atoms in total. The van der Waals surface area contributed by atoms with Gasteiger partial charge in [0.15, 0.2) is 11.5 Å². The SMILES string of the molecule is O=C1S/C(=C/c2cccc3ccccc23)C(=O)N1Cc1cc2c(cc1Cl)OCO2. The lowest BCUT2D eigenvalue weighted by atomic mass is 10.0. The minimum Gasteiger partial charge on any atom is -0.454 e. The topological polar surface area (TPSA) is 55.8 Å². The Morgan fingerprint density at radius 1 is 1.03 bits per heavy atom. The van der Waals surface area contributed by atoms with E-state index in [1.165, 1.54) is 4.90 Å². The highest BCUT2D eigenvalue weighted by molar-refractivity contribution is 8.18. The van der Waals surface area contributed by atoms with Gasteiger partial charge in [-0.05, 0) is 45.8 Å². The molecule has 0 bridgehead atoms. The van der Waals surface area contributed by atoms with Crippen LogP contribution < -0.4 is 9.47 Å². The Balaban J connectivity index is 1.45. The lowest BCUT2D eigenvalue weighted by Gasteiger charge is -2.14. The van der Waals surface area contributed by atoms with Crippen molar-refractivity contribution in [2.75, 3.05) is 6.79 Å². The Kier molecular flexibility index (Phi) is 4.45. The lowest BCUT2D eigenvalue weighted by Crippen LogP contribution is -2.27. The summed E-state index contributed by atoms with van der Waals surface area (Å²) in [6, 6.07) is 17.2. The van der Waals surface area contributed by atoms with Crippen LogP contribution in [0.25, 0.3) is 16.8 Å². The van der Waals surface area contributed by atoms with Crippen LogP contribution in [-0.4, -0.2) is 22.8 Å². The van der Waals surface area contributed by atoms with Gasteiger partial charge in [0.05, 0.1) is 11.4 Å². The number of hydrogen-bond acceptors (Lipinski definition) is 5. The third-order valence-electron chi connectivity index (χ3n) is 4.85. The fraction of sp³-hybridized carbons (Fsp3) is 0.0909. The number of fused-ring (bicyclic) bond motifs is 2. The number of nitrogens with zero attached hydrogens (tertiary/aromatic N) is 1. The lowest BCUT2D eigenvalue weighted by molar-refractivity contribution is -0.123. The Labute approximate surface area is 175 Å². The predicted molar refractivity (Wildman–Crippen MR) is 113 cm³/mol. The summed E-state index contributed by atoms with van der Waals surface area (Å²) in [5, 5.41) is 2.20. The smallest absolute Gasteiger partial charge is 0.293 e. The van der Waals surface area contributed by atoms with Gasteiger partial charge in [-0.25, -0.2) is 0 Å². The second-order valence-electron chi connectivity index (χ2n) is 6.63. The molecule has 0 spiro atoms. The molecule has 5 rings (SSSR count). The molecule has 29 heavy (non-hydrogen) atoms. The van der Waals surface area contributed by atoms with Gasteiger partial charge in [0.1, 0.15) is 0 Å². The molecule has 0 N–H and O–H groups in total.